The van der Waals surface area contributed by atoms with E-state index >= 15 is 0 Å². The molecule has 0 amide bonds. The fourth-order valence-corrected chi connectivity index (χ4v) is 2.61. The average molecular weight is 282 g/mol. The van der Waals surface area contributed by atoms with Gasteiger partial charge in [0.15, 0.2) is 0 Å². The fraction of sp³-hybridized carbons (Fsp3) is 0.267. The molecule has 0 aliphatic carbocycles. The quantitative estimate of drug-likeness (QED) is 0.744. The van der Waals surface area contributed by atoms with Gasteiger partial charge in [-0.25, -0.2) is 0 Å². The Bertz CT molecular complexity index is 786. The monoisotopic (exact) mass is 282 g/mol. The zero-order valence-electron chi connectivity index (χ0n) is 11.2. The number of β-amino-alcohol motifs (C(OH)–C–C–N with tert-alkyl or cyclic N) is 1. The molecule has 0 bridgehead atoms. The number of nitrogens with zero attached hydrogens (tertiary/aromatic N) is 3. The van der Waals surface area contributed by atoms with Crippen molar-refractivity contribution >= 4 is 10.9 Å². The topological polar surface area (TPSA) is 84.1 Å². The van der Waals surface area contributed by atoms with E-state index in [1.165, 1.54) is 0 Å². The Kier molecular flexibility index (Phi) is 2.90. The predicted octanol–water partition coefficient (Wildman–Crippen LogP) is 1.68. The van der Waals surface area contributed by atoms with Crippen LogP contribution in [0.2, 0.25) is 0 Å². The summed E-state index contributed by atoms with van der Waals surface area (Å²) in [5.74, 6) is 1.08. The van der Waals surface area contributed by atoms with Crippen LogP contribution in [0, 0.1) is 0 Å². The summed E-state index contributed by atoms with van der Waals surface area (Å²) in [6.07, 6.45) is 2.02. The lowest BCUT2D eigenvalue weighted by molar-refractivity contribution is 0.191. The average Bonchev–Trinajstić information content (AvgIpc) is 3.15. The van der Waals surface area contributed by atoms with Crippen molar-refractivity contribution < 1.29 is 9.63 Å². The second kappa shape index (κ2) is 4.91. The van der Waals surface area contributed by atoms with E-state index in [1.807, 2.05) is 30.3 Å². The molecule has 6 nitrogen and oxygen atoms in total. The summed E-state index contributed by atoms with van der Waals surface area (Å²) in [5.41, 5.74) is 1.83. The van der Waals surface area contributed by atoms with Crippen LogP contribution in [-0.4, -0.2) is 32.9 Å². The Hall–Kier alpha value is -2.31. The third-order valence-corrected chi connectivity index (χ3v) is 3.71. The van der Waals surface area contributed by atoms with E-state index in [4.69, 9.17) is 4.52 Å². The minimum atomic E-state index is -0.350. The maximum Gasteiger partial charge on any atom is 0.244 e. The molecular weight excluding hydrogens is 268 g/mol. The maximum atomic E-state index is 9.54. The van der Waals surface area contributed by atoms with Crippen LogP contribution < -0.4 is 5.32 Å². The number of fused-ring (bicyclic) bond motifs is 1. The standard InChI is InChI=1S/C15H14N4O2/c20-11-7-13(17-8-11)15-18-14(19-21-15)10-3-4-12-9(6-10)2-1-5-16-12/h1-6,11,13,17,20H,7-8H2/t11?,13-/m0/s1. The van der Waals surface area contributed by atoms with Crippen LogP contribution in [0.5, 0.6) is 0 Å². The molecule has 1 aliphatic rings. The van der Waals surface area contributed by atoms with Crippen molar-refractivity contribution in [3.8, 4) is 11.4 Å². The van der Waals surface area contributed by atoms with E-state index in [2.05, 4.69) is 20.4 Å². The Morgan fingerprint density at radius 1 is 1.29 bits per heavy atom. The van der Waals surface area contributed by atoms with Crippen LogP contribution >= 0.6 is 0 Å². The summed E-state index contributed by atoms with van der Waals surface area (Å²) >= 11 is 0. The molecule has 6 heteroatoms. The third kappa shape index (κ3) is 2.28. The highest BCUT2D eigenvalue weighted by molar-refractivity contribution is 5.82. The van der Waals surface area contributed by atoms with Gasteiger partial charge in [-0.2, -0.15) is 4.98 Å². The van der Waals surface area contributed by atoms with Gasteiger partial charge in [0.05, 0.1) is 17.7 Å². The molecule has 3 aromatic rings. The molecule has 1 fully saturated rings. The minimum absolute atomic E-state index is 0.0663. The molecular formula is C15H14N4O2. The molecule has 4 rings (SSSR count). The number of pyridine rings is 1. The van der Waals surface area contributed by atoms with Gasteiger partial charge >= 0.3 is 0 Å². The number of benzene rings is 1. The van der Waals surface area contributed by atoms with Crippen molar-refractivity contribution in [3.63, 3.8) is 0 Å². The van der Waals surface area contributed by atoms with Crippen LogP contribution in [0.15, 0.2) is 41.1 Å². The van der Waals surface area contributed by atoms with E-state index in [0.29, 0.717) is 24.7 Å². The van der Waals surface area contributed by atoms with Crippen LogP contribution in [0.25, 0.3) is 22.3 Å². The molecule has 1 aromatic carbocycles. The van der Waals surface area contributed by atoms with Crippen molar-refractivity contribution in [1.29, 1.82) is 0 Å². The minimum Gasteiger partial charge on any atom is -0.392 e. The number of nitrogens with one attached hydrogen (secondary N) is 1. The number of aromatic nitrogens is 3. The Balaban J connectivity index is 1.67. The predicted molar refractivity (Wildman–Crippen MR) is 76.4 cm³/mol. The maximum absolute atomic E-state index is 9.54. The van der Waals surface area contributed by atoms with E-state index in [1.54, 1.807) is 6.20 Å². The molecule has 21 heavy (non-hydrogen) atoms. The number of hydrogen-bond donors (Lipinski definition) is 2. The fourth-order valence-electron chi connectivity index (χ4n) is 2.61. The first kappa shape index (κ1) is 12.4. The lowest BCUT2D eigenvalue weighted by Gasteiger charge is -2.01. The summed E-state index contributed by atoms with van der Waals surface area (Å²) in [7, 11) is 0. The SMILES string of the molecule is OC1CN[C@H](c2nc(-c3ccc4ncccc4c3)no2)C1. The Morgan fingerprint density at radius 3 is 3.10 bits per heavy atom. The largest absolute Gasteiger partial charge is 0.392 e. The second-order valence-electron chi connectivity index (χ2n) is 5.22. The van der Waals surface area contributed by atoms with Gasteiger partial charge in [0.25, 0.3) is 0 Å². The molecule has 2 aromatic heterocycles. The molecule has 0 saturated carbocycles. The van der Waals surface area contributed by atoms with Gasteiger partial charge in [-0.05, 0) is 30.7 Å². The van der Waals surface area contributed by atoms with Gasteiger partial charge in [0, 0.05) is 23.7 Å². The lowest BCUT2D eigenvalue weighted by Crippen LogP contribution is -2.15. The zero-order chi connectivity index (χ0) is 14.2. The molecule has 106 valence electrons. The normalized spacial score (nSPS) is 22.0. The number of aliphatic hydroxyl groups is 1. The molecule has 1 aliphatic heterocycles. The Labute approximate surface area is 120 Å². The van der Waals surface area contributed by atoms with Crippen molar-refractivity contribution in [3.05, 3.63) is 42.4 Å². The third-order valence-electron chi connectivity index (χ3n) is 3.71. The lowest BCUT2D eigenvalue weighted by atomic mass is 10.1. The van der Waals surface area contributed by atoms with E-state index in [-0.39, 0.29) is 12.1 Å². The molecule has 0 radical (unpaired) electrons. The molecule has 1 saturated heterocycles. The highest BCUT2D eigenvalue weighted by Gasteiger charge is 2.28. The van der Waals surface area contributed by atoms with Crippen molar-refractivity contribution in [1.82, 2.24) is 20.4 Å². The van der Waals surface area contributed by atoms with Crippen molar-refractivity contribution in [2.75, 3.05) is 6.54 Å². The highest BCUT2D eigenvalue weighted by atomic mass is 16.5. The molecule has 1 unspecified atom stereocenters. The molecule has 0 spiro atoms. The van der Waals surface area contributed by atoms with Gasteiger partial charge < -0.3 is 14.9 Å². The first-order valence-corrected chi connectivity index (χ1v) is 6.90. The van der Waals surface area contributed by atoms with Crippen LogP contribution in [-0.2, 0) is 0 Å². The van der Waals surface area contributed by atoms with E-state index in [0.717, 1.165) is 16.5 Å². The van der Waals surface area contributed by atoms with Crippen molar-refractivity contribution in [2.45, 2.75) is 18.6 Å². The second-order valence-corrected chi connectivity index (χ2v) is 5.22. The number of rotatable bonds is 2. The summed E-state index contributed by atoms with van der Waals surface area (Å²) < 4.78 is 5.31. The summed E-state index contributed by atoms with van der Waals surface area (Å²) in [5, 5.41) is 17.8. The van der Waals surface area contributed by atoms with Gasteiger partial charge in [-0.3, -0.25) is 4.98 Å². The van der Waals surface area contributed by atoms with Crippen molar-refractivity contribution in [2.24, 2.45) is 0 Å². The van der Waals surface area contributed by atoms with Gasteiger partial charge in [0.2, 0.25) is 11.7 Å². The van der Waals surface area contributed by atoms with E-state index in [9.17, 15) is 5.11 Å². The zero-order valence-corrected chi connectivity index (χ0v) is 11.2. The molecule has 3 heterocycles. The smallest absolute Gasteiger partial charge is 0.244 e. The first-order chi connectivity index (χ1) is 10.3. The van der Waals surface area contributed by atoms with Gasteiger partial charge in [-0.1, -0.05) is 11.2 Å². The van der Waals surface area contributed by atoms with Crippen LogP contribution in [0.1, 0.15) is 18.4 Å². The summed E-state index contributed by atoms with van der Waals surface area (Å²) in [6, 6.07) is 9.70. The van der Waals surface area contributed by atoms with Crippen LogP contribution in [0.3, 0.4) is 0 Å². The van der Waals surface area contributed by atoms with Gasteiger partial charge in [0.1, 0.15) is 0 Å². The summed E-state index contributed by atoms with van der Waals surface area (Å²) in [4.78, 5) is 8.72. The van der Waals surface area contributed by atoms with Gasteiger partial charge in [-0.15, -0.1) is 0 Å². The molecule has 2 atom stereocenters. The number of hydrogen-bond acceptors (Lipinski definition) is 6. The first-order valence-electron chi connectivity index (χ1n) is 6.90. The highest BCUT2D eigenvalue weighted by Crippen LogP contribution is 2.26. The Morgan fingerprint density at radius 2 is 2.24 bits per heavy atom. The number of aliphatic hydroxyl groups excluding tert-OH is 1. The summed E-state index contributed by atoms with van der Waals surface area (Å²) in [6.45, 7) is 0.560. The van der Waals surface area contributed by atoms with E-state index < -0.39 is 0 Å². The van der Waals surface area contributed by atoms with Crippen LogP contribution in [0.4, 0.5) is 0 Å². The molecule has 2 N–H and O–H groups in total.